The molecule has 0 aromatic rings. The molecule has 0 radical (unpaired) electrons. The Morgan fingerprint density at radius 2 is 1.17 bits per heavy atom. The maximum atomic E-state index is 2.48. The summed E-state index contributed by atoms with van der Waals surface area (Å²) in [6.45, 7) is 8.84. The van der Waals surface area contributed by atoms with Gasteiger partial charge in [0, 0.05) is 19.0 Å². The van der Waals surface area contributed by atoms with Gasteiger partial charge in [0.1, 0.15) is 0 Å². The molecule has 0 fully saturated rings. The van der Waals surface area contributed by atoms with Crippen molar-refractivity contribution in [2.45, 2.75) is 39.8 Å². The van der Waals surface area contributed by atoms with Gasteiger partial charge in [-0.3, -0.25) is 0 Å². The first-order valence-electron chi connectivity index (χ1n) is 4.89. The molecule has 0 aliphatic carbocycles. The first-order chi connectivity index (χ1) is 5.63. The van der Waals surface area contributed by atoms with Gasteiger partial charge in [0.2, 0.25) is 0 Å². The van der Waals surface area contributed by atoms with Gasteiger partial charge in [0.25, 0.3) is 0 Å². The lowest BCUT2D eigenvalue weighted by atomic mass is 10.4. The molecule has 0 heterocycles. The Hall–Kier alpha value is -0.0862. The highest BCUT2D eigenvalue weighted by molar-refractivity contribution is 6.48. The number of hydrogen-bond donors (Lipinski definition) is 0. The molecule has 0 amide bonds. The molecule has 0 spiro atoms. The van der Waals surface area contributed by atoms with E-state index in [9.17, 15) is 0 Å². The SMILES string of the molecule is CC(C)=C[SiH2]CC[SiH2]C=C(C)C. The topological polar surface area (TPSA) is 0 Å². The molecule has 0 saturated heterocycles. The first kappa shape index (κ1) is 11.9. The summed E-state index contributed by atoms with van der Waals surface area (Å²) < 4.78 is 0. The summed E-state index contributed by atoms with van der Waals surface area (Å²) >= 11 is 0. The fraction of sp³-hybridized carbons (Fsp3) is 0.600. The molecule has 2 heteroatoms. The van der Waals surface area contributed by atoms with Crippen molar-refractivity contribution in [1.29, 1.82) is 0 Å². The van der Waals surface area contributed by atoms with E-state index in [-0.39, 0.29) is 19.0 Å². The first-order valence-corrected chi connectivity index (χ1v) is 8.53. The monoisotopic (exact) mass is 198 g/mol. The van der Waals surface area contributed by atoms with Crippen LogP contribution in [0, 0.1) is 0 Å². The second kappa shape index (κ2) is 7.56. The largest absolute Gasteiger partial charge is 0.103 e. The van der Waals surface area contributed by atoms with Gasteiger partial charge in [0.05, 0.1) is 0 Å². The summed E-state index contributed by atoms with van der Waals surface area (Å²) in [5.74, 6) is 0. The lowest BCUT2D eigenvalue weighted by Gasteiger charge is -1.93. The molecule has 70 valence electrons. The fourth-order valence-corrected chi connectivity index (χ4v) is 4.94. The maximum Gasteiger partial charge on any atom is 0.0450 e. The predicted molar refractivity (Wildman–Crippen MR) is 65.6 cm³/mol. The highest BCUT2D eigenvalue weighted by Gasteiger charge is 1.86. The third-order valence-electron chi connectivity index (χ3n) is 1.76. The second-order valence-corrected chi connectivity index (χ2v) is 7.23. The quantitative estimate of drug-likeness (QED) is 0.468. The van der Waals surface area contributed by atoms with Crippen LogP contribution in [0.5, 0.6) is 0 Å². The van der Waals surface area contributed by atoms with Crippen molar-refractivity contribution >= 4 is 19.0 Å². The van der Waals surface area contributed by atoms with Crippen molar-refractivity contribution in [1.82, 2.24) is 0 Å². The summed E-state index contributed by atoms with van der Waals surface area (Å²) in [4.78, 5) is 0. The van der Waals surface area contributed by atoms with E-state index < -0.39 is 0 Å². The summed E-state index contributed by atoms with van der Waals surface area (Å²) in [5.41, 5.74) is 8.00. The summed E-state index contributed by atoms with van der Waals surface area (Å²) in [6.07, 6.45) is 0. The molecule has 0 unspecified atom stereocenters. The Morgan fingerprint density at radius 3 is 1.42 bits per heavy atom. The van der Waals surface area contributed by atoms with E-state index in [1.807, 2.05) is 0 Å². The van der Waals surface area contributed by atoms with Crippen molar-refractivity contribution in [3.8, 4) is 0 Å². The zero-order chi connectivity index (χ0) is 9.40. The van der Waals surface area contributed by atoms with Gasteiger partial charge >= 0.3 is 0 Å². The predicted octanol–water partition coefficient (Wildman–Crippen LogP) is 2.01. The fourth-order valence-electron chi connectivity index (χ4n) is 1.07. The Bertz CT molecular complexity index is 141. The molecule has 0 rings (SSSR count). The third kappa shape index (κ3) is 9.91. The smallest absolute Gasteiger partial charge is 0.0450 e. The van der Waals surface area contributed by atoms with Crippen LogP contribution in [0.2, 0.25) is 12.1 Å². The van der Waals surface area contributed by atoms with E-state index >= 15 is 0 Å². The number of hydrogen-bond acceptors (Lipinski definition) is 0. The molecule has 0 aliphatic heterocycles. The minimum absolute atomic E-state index is 0.162. The van der Waals surface area contributed by atoms with Crippen LogP contribution in [0.25, 0.3) is 0 Å². The van der Waals surface area contributed by atoms with Gasteiger partial charge in [-0.2, -0.15) is 0 Å². The van der Waals surface area contributed by atoms with Gasteiger partial charge in [-0.25, -0.2) is 0 Å². The minimum atomic E-state index is 0.162. The third-order valence-corrected chi connectivity index (χ3v) is 6.79. The van der Waals surface area contributed by atoms with Crippen LogP contribution in [0.4, 0.5) is 0 Å². The van der Waals surface area contributed by atoms with E-state index in [2.05, 4.69) is 39.1 Å². The lowest BCUT2D eigenvalue weighted by molar-refractivity contribution is 1.37. The van der Waals surface area contributed by atoms with Gasteiger partial charge in [-0.05, 0) is 27.7 Å². The maximum absolute atomic E-state index is 2.48. The van der Waals surface area contributed by atoms with Crippen molar-refractivity contribution < 1.29 is 0 Å². The summed E-state index contributed by atoms with van der Waals surface area (Å²) in [5, 5.41) is 0. The molecule has 0 N–H and O–H groups in total. The van der Waals surface area contributed by atoms with Crippen molar-refractivity contribution in [3.05, 3.63) is 22.5 Å². The number of rotatable bonds is 5. The minimum Gasteiger partial charge on any atom is -0.103 e. The average Bonchev–Trinajstić information content (AvgIpc) is 1.95. The highest BCUT2D eigenvalue weighted by atomic mass is 28.2. The standard InChI is InChI=1S/C10H22Si2/c1-9(2)7-11-5-6-12-8-10(3)4/h7-8H,5-6,11-12H2,1-4H3. The van der Waals surface area contributed by atoms with Crippen LogP contribution in [-0.2, 0) is 0 Å². The average molecular weight is 198 g/mol. The molecular weight excluding hydrogens is 176 g/mol. The Kier molecular flexibility index (Phi) is 7.50. The van der Waals surface area contributed by atoms with E-state index in [1.165, 1.54) is 23.2 Å². The van der Waals surface area contributed by atoms with E-state index in [0.29, 0.717) is 0 Å². The molecule has 0 aromatic heterocycles. The van der Waals surface area contributed by atoms with Gasteiger partial charge in [-0.1, -0.05) is 23.2 Å². The zero-order valence-corrected chi connectivity index (χ0v) is 11.8. The normalized spacial score (nSPS) is 11.3. The second-order valence-electron chi connectivity index (χ2n) is 3.85. The molecule has 0 aliphatic rings. The van der Waals surface area contributed by atoms with Crippen LogP contribution in [0.3, 0.4) is 0 Å². The van der Waals surface area contributed by atoms with Crippen molar-refractivity contribution in [2.75, 3.05) is 0 Å². The van der Waals surface area contributed by atoms with Crippen LogP contribution in [0.1, 0.15) is 27.7 Å². The molecule has 0 aromatic carbocycles. The highest BCUT2D eigenvalue weighted by Crippen LogP contribution is 1.95. The van der Waals surface area contributed by atoms with Gasteiger partial charge in [-0.15, -0.1) is 11.4 Å². The van der Waals surface area contributed by atoms with Crippen molar-refractivity contribution in [3.63, 3.8) is 0 Å². The van der Waals surface area contributed by atoms with E-state index in [0.717, 1.165) is 0 Å². The molecule has 12 heavy (non-hydrogen) atoms. The van der Waals surface area contributed by atoms with Crippen molar-refractivity contribution in [2.24, 2.45) is 0 Å². The van der Waals surface area contributed by atoms with Crippen LogP contribution < -0.4 is 0 Å². The molecular formula is C10H22Si2. The zero-order valence-electron chi connectivity index (χ0n) is 8.98. The summed E-state index contributed by atoms with van der Waals surface area (Å²) in [7, 11) is 0.325. The van der Waals surface area contributed by atoms with Crippen LogP contribution in [-0.4, -0.2) is 19.0 Å². The Balaban J connectivity index is 3.23. The van der Waals surface area contributed by atoms with E-state index in [4.69, 9.17) is 0 Å². The molecule has 0 saturated carbocycles. The molecule has 0 nitrogen and oxygen atoms in total. The Morgan fingerprint density at radius 1 is 0.833 bits per heavy atom. The van der Waals surface area contributed by atoms with Crippen LogP contribution >= 0.6 is 0 Å². The Labute approximate surface area is 81.8 Å². The molecule has 0 bridgehead atoms. The summed E-state index contributed by atoms with van der Waals surface area (Å²) in [6, 6.07) is 3.06. The van der Waals surface area contributed by atoms with E-state index in [1.54, 1.807) is 0 Å². The van der Waals surface area contributed by atoms with Crippen LogP contribution in [0.15, 0.2) is 22.5 Å². The number of allylic oxidation sites excluding steroid dienone is 2. The lowest BCUT2D eigenvalue weighted by Crippen LogP contribution is -1.90. The van der Waals surface area contributed by atoms with Gasteiger partial charge in [0.15, 0.2) is 0 Å². The van der Waals surface area contributed by atoms with Gasteiger partial charge < -0.3 is 0 Å². The molecule has 0 atom stereocenters.